The summed E-state index contributed by atoms with van der Waals surface area (Å²) in [5.41, 5.74) is 8.23. The third-order valence-electron chi connectivity index (χ3n) is 2.50. The number of aliphatic carboxylic acids is 1. The molecule has 0 bridgehead atoms. The van der Waals surface area contributed by atoms with E-state index in [1.54, 1.807) is 0 Å². The van der Waals surface area contributed by atoms with Crippen LogP contribution < -0.4 is 5.73 Å². The van der Waals surface area contributed by atoms with Crippen molar-refractivity contribution >= 4 is 5.97 Å². The van der Waals surface area contributed by atoms with Crippen molar-refractivity contribution in [3.05, 3.63) is 35.4 Å². The maximum Gasteiger partial charge on any atom is 0.303 e. The van der Waals surface area contributed by atoms with Crippen LogP contribution in [0, 0.1) is 0 Å². The van der Waals surface area contributed by atoms with Crippen LogP contribution in [0.15, 0.2) is 24.3 Å². The highest BCUT2D eigenvalue weighted by Crippen LogP contribution is 2.20. The Bertz CT molecular complexity index is 336. The monoisotopic (exact) mass is 207 g/mol. The van der Waals surface area contributed by atoms with Gasteiger partial charge in [0.2, 0.25) is 0 Å². The van der Waals surface area contributed by atoms with Crippen molar-refractivity contribution in [2.24, 2.45) is 5.73 Å². The minimum Gasteiger partial charge on any atom is -0.481 e. The largest absolute Gasteiger partial charge is 0.481 e. The van der Waals surface area contributed by atoms with Gasteiger partial charge in [0.25, 0.3) is 0 Å². The smallest absolute Gasteiger partial charge is 0.303 e. The molecule has 0 aromatic heterocycles. The number of carbonyl (C=O) groups is 1. The Morgan fingerprint density at radius 1 is 1.47 bits per heavy atom. The number of carboxylic acids is 1. The average molecular weight is 207 g/mol. The summed E-state index contributed by atoms with van der Waals surface area (Å²) in [7, 11) is 0. The molecular weight excluding hydrogens is 190 g/mol. The first-order chi connectivity index (χ1) is 7.15. The zero-order valence-corrected chi connectivity index (χ0v) is 8.94. The average Bonchev–Trinajstić information content (AvgIpc) is 2.25. The predicted octanol–water partition coefficient (Wildman–Crippen LogP) is 2.11. The molecule has 0 aliphatic carbocycles. The molecule has 0 saturated carbocycles. The van der Waals surface area contributed by atoms with E-state index in [0.717, 1.165) is 12.0 Å². The molecule has 3 nitrogen and oxygen atoms in total. The van der Waals surface area contributed by atoms with E-state index in [4.69, 9.17) is 10.8 Å². The molecule has 1 rings (SSSR count). The maximum atomic E-state index is 10.4. The number of hydrogen-bond acceptors (Lipinski definition) is 2. The zero-order valence-electron chi connectivity index (χ0n) is 8.94. The molecule has 0 aliphatic rings. The van der Waals surface area contributed by atoms with Crippen molar-refractivity contribution in [1.82, 2.24) is 0 Å². The molecule has 1 aromatic rings. The molecule has 0 radical (unpaired) electrons. The van der Waals surface area contributed by atoms with Crippen molar-refractivity contribution in [1.29, 1.82) is 0 Å². The molecule has 1 aromatic carbocycles. The molecule has 0 spiro atoms. The Balaban J connectivity index is 2.72. The summed E-state index contributed by atoms with van der Waals surface area (Å²) >= 11 is 0. The van der Waals surface area contributed by atoms with E-state index in [-0.39, 0.29) is 12.5 Å². The lowest BCUT2D eigenvalue weighted by Crippen LogP contribution is -2.14. The van der Waals surface area contributed by atoms with E-state index in [0.29, 0.717) is 6.42 Å². The van der Waals surface area contributed by atoms with Gasteiger partial charge in [0.15, 0.2) is 0 Å². The van der Waals surface area contributed by atoms with Crippen LogP contribution in [0.25, 0.3) is 0 Å². The molecule has 82 valence electrons. The fourth-order valence-corrected chi connectivity index (χ4v) is 1.65. The van der Waals surface area contributed by atoms with Gasteiger partial charge in [-0.25, -0.2) is 0 Å². The fourth-order valence-electron chi connectivity index (χ4n) is 1.65. The van der Waals surface area contributed by atoms with Crippen LogP contribution in [0.1, 0.15) is 36.9 Å². The van der Waals surface area contributed by atoms with E-state index in [1.807, 2.05) is 24.3 Å². The van der Waals surface area contributed by atoms with Gasteiger partial charge in [-0.05, 0) is 24.0 Å². The van der Waals surface area contributed by atoms with Crippen molar-refractivity contribution in [2.45, 2.75) is 32.2 Å². The predicted molar refractivity (Wildman–Crippen MR) is 59.6 cm³/mol. The lowest BCUT2D eigenvalue weighted by atomic mass is 9.96. The van der Waals surface area contributed by atoms with Crippen molar-refractivity contribution in [3.63, 3.8) is 0 Å². The van der Waals surface area contributed by atoms with Crippen LogP contribution in [0.2, 0.25) is 0 Å². The highest BCUT2D eigenvalue weighted by molar-refractivity contribution is 5.66. The van der Waals surface area contributed by atoms with Crippen molar-refractivity contribution < 1.29 is 9.90 Å². The van der Waals surface area contributed by atoms with Gasteiger partial charge >= 0.3 is 5.97 Å². The molecule has 15 heavy (non-hydrogen) atoms. The summed E-state index contributed by atoms with van der Waals surface area (Å²) in [6, 6.07) is 7.76. The first-order valence-electron chi connectivity index (χ1n) is 5.20. The Hall–Kier alpha value is -1.35. The second-order valence-electron chi connectivity index (χ2n) is 3.59. The summed E-state index contributed by atoms with van der Waals surface area (Å²) in [6.07, 6.45) is 1.54. The fraction of sp³-hybridized carbons (Fsp3) is 0.417. The van der Waals surface area contributed by atoms with Gasteiger partial charge in [0.1, 0.15) is 0 Å². The Morgan fingerprint density at radius 2 is 2.13 bits per heavy atom. The molecule has 3 N–H and O–H groups in total. The lowest BCUT2D eigenvalue weighted by Gasteiger charge is -2.14. The van der Waals surface area contributed by atoms with Crippen LogP contribution in [0.3, 0.4) is 0 Å². The first-order valence-corrected chi connectivity index (χ1v) is 5.20. The Morgan fingerprint density at radius 3 is 2.73 bits per heavy atom. The topological polar surface area (TPSA) is 63.3 Å². The summed E-state index contributed by atoms with van der Waals surface area (Å²) in [4.78, 5) is 10.4. The van der Waals surface area contributed by atoms with Crippen LogP contribution >= 0.6 is 0 Å². The van der Waals surface area contributed by atoms with E-state index in [9.17, 15) is 4.79 Å². The number of aryl methyl sites for hydroxylation is 1. The third-order valence-corrected chi connectivity index (χ3v) is 2.50. The van der Waals surface area contributed by atoms with Crippen LogP contribution in [0.5, 0.6) is 0 Å². The molecule has 0 heterocycles. The SMILES string of the molecule is CCc1ccccc1C(N)CCC(=O)O. The van der Waals surface area contributed by atoms with E-state index >= 15 is 0 Å². The van der Waals surface area contributed by atoms with Gasteiger partial charge in [-0.3, -0.25) is 4.79 Å². The van der Waals surface area contributed by atoms with Crippen molar-refractivity contribution in [2.75, 3.05) is 0 Å². The van der Waals surface area contributed by atoms with Gasteiger partial charge in [-0.15, -0.1) is 0 Å². The Labute approximate surface area is 89.9 Å². The summed E-state index contributed by atoms with van der Waals surface area (Å²) in [6.45, 7) is 2.07. The third kappa shape index (κ3) is 3.36. The zero-order chi connectivity index (χ0) is 11.3. The molecule has 0 aliphatic heterocycles. The molecule has 3 heteroatoms. The van der Waals surface area contributed by atoms with E-state index in [1.165, 1.54) is 5.56 Å². The minimum atomic E-state index is -0.792. The maximum absolute atomic E-state index is 10.4. The van der Waals surface area contributed by atoms with Gasteiger partial charge in [-0.1, -0.05) is 31.2 Å². The molecule has 1 atom stereocenters. The standard InChI is InChI=1S/C12H17NO2/c1-2-9-5-3-4-6-10(9)11(13)7-8-12(14)15/h3-6,11H,2,7-8,13H2,1H3,(H,14,15). The summed E-state index contributed by atoms with van der Waals surface area (Å²) in [5.74, 6) is -0.792. The van der Waals surface area contributed by atoms with E-state index in [2.05, 4.69) is 6.92 Å². The van der Waals surface area contributed by atoms with Gasteiger partial charge in [0.05, 0.1) is 0 Å². The highest BCUT2D eigenvalue weighted by atomic mass is 16.4. The lowest BCUT2D eigenvalue weighted by molar-refractivity contribution is -0.137. The molecule has 0 fully saturated rings. The second-order valence-corrected chi connectivity index (χ2v) is 3.59. The van der Waals surface area contributed by atoms with Crippen LogP contribution in [-0.4, -0.2) is 11.1 Å². The Kier molecular flexibility index (Phi) is 4.31. The van der Waals surface area contributed by atoms with Gasteiger partial charge < -0.3 is 10.8 Å². The molecule has 1 unspecified atom stereocenters. The quantitative estimate of drug-likeness (QED) is 0.777. The van der Waals surface area contributed by atoms with Gasteiger partial charge in [0, 0.05) is 12.5 Å². The number of nitrogens with two attached hydrogens (primary N) is 1. The number of carboxylic acid groups (broad SMARTS) is 1. The van der Waals surface area contributed by atoms with Gasteiger partial charge in [-0.2, -0.15) is 0 Å². The second kappa shape index (κ2) is 5.51. The highest BCUT2D eigenvalue weighted by Gasteiger charge is 2.10. The summed E-state index contributed by atoms with van der Waals surface area (Å²) < 4.78 is 0. The molecule has 0 amide bonds. The van der Waals surface area contributed by atoms with Crippen LogP contribution in [-0.2, 0) is 11.2 Å². The molecular formula is C12H17NO2. The van der Waals surface area contributed by atoms with Crippen LogP contribution in [0.4, 0.5) is 0 Å². The van der Waals surface area contributed by atoms with E-state index < -0.39 is 5.97 Å². The minimum absolute atomic E-state index is 0.124. The summed E-state index contributed by atoms with van der Waals surface area (Å²) in [5, 5.41) is 8.58. The normalized spacial score (nSPS) is 12.4. The number of rotatable bonds is 5. The number of hydrogen-bond donors (Lipinski definition) is 2. The molecule has 0 saturated heterocycles. The first kappa shape index (κ1) is 11.7. The van der Waals surface area contributed by atoms with Crippen molar-refractivity contribution in [3.8, 4) is 0 Å². The number of benzene rings is 1.